The van der Waals surface area contributed by atoms with Gasteiger partial charge in [0.15, 0.2) is 5.78 Å². The van der Waals surface area contributed by atoms with Gasteiger partial charge in [0, 0.05) is 22.9 Å². The second kappa shape index (κ2) is 9.42. The van der Waals surface area contributed by atoms with E-state index in [1.165, 1.54) is 13.0 Å². The summed E-state index contributed by atoms with van der Waals surface area (Å²) in [6, 6.07) is 14.4. The standard InChI is InChI=1S/C21H23NO3/c1-3-4-15-25-20-8-6-5-7-18(20)11-14-21(24)22-19-12-9-17(10-13-19)16(2)23/h5-14H,3-4,15H2,1-2H3,(H,22,24)/b14-11+. The Labute approximate surface area is 148 Å². The zero-order chi connectivity index (χ0) is 18.1. The number of benzene rings is 2. The van der Waals surface area contributed by atoms with Crippen LogP contribution in [0.5, 0.6) is 5.75 Å². The molecule has 130 valence electrons. The number of rotatable bonds is 8. The molecule has 0 heterocycles. The smallest absolute Gasteiger partial charge is 0.248 e. The molecule has 0 radical (unpaired) electrons. The predicted molar refractivity (Wildman–Crippen MR) is 101 cm³/mol. The molecule has 0 bridgehead atoms. The highest BCUT2D eigenvalue weighted by Gasteiger charge is 2.03. The number of ketones is 1. The van der Waals surface area contributed by atoms with E-state index >= 15 is 0 Å². The predicted octanol–water partition coefficient (Wildman–Crippen LogP) is 4.72. The third-order valence-electron chi connectivity index (χ3n) is 3.65. The van der Waals surface area contributed by atoms with E-state index in [0.29, 0.717) is 17.9 Å². The van der Waals surface area contributed by atoms with Crippen molar-refractivity contribution in [1.82, 2.24) is 0 Å². The molecule has 0 aliphatic carbocycles. The van der Waals surface area contributed by atoms with Crippen molar-refractivity contribution in [3.63, 3.8) is 0 Å². The van der Waals surface area contributed by atoms with Crippen LogP contribution in [0.2, 0.25) is 0 Å². The molecule has 0 aliphatic rings. The van der Waals surface area contributed by atoms with E-state index in [9.17, 15) is 9.59 Å². The van der Waals surface area contributed by atoms with Gasteiger partial charge in [-0.15, -0.1) is 0 Å². The minimum Gasteiger partial charge on any atom is -0.493 e. The average molecular weight is 337 g/mol. The van der Waals surface area contributed by atoms with Crippen molar-refractivity contribution in [2.45, 2.75) is 26.7 Å². The maximum absolute atomic E-state index is 12.1. The number of amides is 1. The Bertz CT molecular complexity index is 748. The Balaban J connectivity index is 1.99. The van der Waals surface area contributed by atoms with Gasteiger partial charge in [0.25, 0.3) is 0 Å². The molecule has 2 aromatic carbocycles. The van der Waals surface area contributed by atoms with E-state index in [4.69, 9.17) is 4.74 Å². The quantitative estimate of drug-likeness (QED) is 0.431. The molecule has 0 aliphatic heterocycles. The van der Waals surface area contributed by atoms with Gasteiger partial charge in [-0.05, 0) is 49.8 Å². The molecule has 0 aromatic heterocycles. The van der Waals surface area contributed by atoms with Crippen molar-refractivity contribution >= 4 is 23.5 Å². The maximum Gasteiger partial charge on any atom is 0.248 e. The highest BCUT2D eigenvalue weighted by molar-refractivity contribution is 6.02. The number of unbranched alkanes of at least 4 members (excludes halogenated alkanes) is 1. The number of carbonyl (C=O) groups is 2. The van der Waals surface area contributed by atoms with Crippen molar-refractivity contribution in [2.24, 2.45) is 0 Å². The summed E-state index contributed by atoms with van der Waals surface area (Å²) in [5.41, 5.74) is 2.12. The van der Waals surface area contributed by atoms with Gasteiger partial charge in [0.2, 0.25) is 5.91 Å². The van der Waals surface area contributed by atoms with Gasteiger partial charge in [-0.3, -0.25) is 9.59 Å². The summed E-state index contributed by atoms with van der Waals surface area (Å²) < 4.78 is 5.75. The highest BCUT2D eigenvalue weighted by Crippen LogP contribution is 2.20. The lowest BCUT2D eigenvalue weighted by Gasteiger charge is -2.08. The summed E-state index contributed by atoms with van der Waals surface area (Å²) in [7, 11) is 0. The first kappa shape index (κ1) is 18.5. The molecule has 1 N–H and O–H groups in total. The fourth-order valence-corrected chi connectivity index (χ4v) is 2.21. The van der Waals surface area contributed by atoms with E-state index in [2.05, 4.69) is 12.2 Å². The van der Waals surface area contributed by atoms with Crippen LogP contribution in [0.3, 0.4) is 0 Å². The molecular weight excluding hydrogens is 314 g/mol. The van der Waals surface area contributed by atoms with E-state index in [1.807, 2.05) is 24.3 Å². The number of hydrogen-bond donors (Lipinski definition) is 1. The van der Waals surface area contributed by atoms with Crippen LogP contribution in [0.4, 0.5) is 5.69 Å². The third kappa shape index (κ3) is 5.92. The molecule has 0 saturated carbocycles. The van der Waals surface area contributed by atoms with Crippen LogP contribution in [0.25, 0.3) is 6.08 Å². The minimum atomic E-state index is -0.237. The summed E-state index contributed by atoms with van der Waals surface area (Å²) in [4.78, 5) is 23.3. The first-order valence-corrected chi connectivity index (χ1v) is 8.42. The number of para-hydroxylation sites is 1. The number of hydrogen-bond acceptors (Lipinski definition) is 3. The Morgan fingerprint density at radius 1 is 1.08 bits per heavy atom. The van der Waals surface area contributed by atoms with Crippen LogP contribution in [0, 0.1) is 0 Å². The third-order valence-corrected chi connectivity index (χ3v) is 3.65. The lowest BCUT2D eigenvalue weighted by molar-refractivity contribution is -0.111. The van der Waals surface area contributed by atoms with Gasteiger partial charge in [-0.2, -0.15) is 0 Å². The second-order valence-corrected chi connectivity index (χ2v) is 5.70. The lowest BCUT2D eigenvalue weighted by atomic mass is 10.1. The molecule has 25 heavy (non-hydrogen) atoms. The number of ether oxygens (including phenoxy) is 1. The van der Waals surface area contributed by atoms with Gasteiger partial charge >= 0.3 is 0 Å². The van der Waals surface area contributed by atoms with E-state index < -0.39 is 0 Å². The van der Waals surface area contributed by atoms with Crippen LogP contribution in [0.1, 0.15) is 42.6 Å². The summed E-state index contributed by atoms with van der Waals surface area (Å²) in [5, 5.41) is 2.77. The highest BCUT2D eigenvalue weighted by atomic mass is 16.5. The monoisotopic (exact) mass is 337 g/mol. The number of anilines is 1. The van der Waals surface area contributed by atoms with Crippen molar-refractivity contribution in [3.05, 3.63) is 65.7 Å². The van der Waals surface area contributed by atoms with Gasteiger partial charge in [-0.1, -0.05) is 31.5 Å². The summed E-state index contributed by atoms with van der Waals surface area (Å²) in [6.45, 7) is 4.29. The van der Waals surface area contributed by atoms with Crippen molar-refractivity contribution in [1.29, 1.82) is 0 Å². The maximum atomic E-state index is 12.1. The molecule has 2 rings (SSSR count). The molecule has 2 aromatic rings. The Morgan fingerprint density at radius 2 is 1.80 bits per heavy atom. The van der Waals surface area contributed by atoms with Crippen molar-refractivity contribution in [2.75, 3.05) is 11.9 Å². The van der Waals surface area contributed by atoms with Crippen molar-refractivity contribution < 1.29 is 14.3 Å². The van der Waals surface area contributed by atoms with Crippen LogP contribution >= 0.6 is 0 Å². The van der Waals surface area contributed by atoms with Gasteiger partial charge < -0.3 is 10.1 Å². The molecule has 0 fully saturated rings. The number of carbonyl (C=O) groups excluding carboxylic acids is 2. The van der Waals surface area contributed by atoms with Crippen LogP contribution in [-0.4, -0.2) is 18.3 Å². The molecule has 0 atom stereocenters. The normalized spacial score (nSPS) is 10.6. The van der Waals surface area contributed by atoms with Crippen LogP contribution in [-0.2, 0) is 4.79 Å². The average Bonchev–Trinajstić information content (AvgIpc) is 2.61. The Morgan fingerprint density at radius 3 is 2.48 bits per heavy atom. The molecule has 0 unspecified atom stereocenters. The fraction of sp³-hybridized carbons (Fsp3) is 0.238. The van der Waals surface area contributed by atoms with Crippen LogP contribution in [0.15, 0.2) is 54.6 Å². The second-order valence-electron chi connectivity index (χ2n) is 5.70. The number of Topliss-reactive ketones (excluding diaryl/α,β-unsaturated/α-hetero) is 1. The number of nitrogens with one attached hydrogen (secondary N) is 1. The van der Waals surface area contributed by atoms with E-state index in [1.54, 1.807) is 30.3 Å². The van der Waals surface area contributed by atoms with Gasteiger partial charge in [0.05, 0.1) is 6.61 Å². The summed E-state index contributed by atoms with van der Waals surface area (Å²) in [5.74, 6) is 0.530. The van der Waals surface area contributed by atoms with Crippen molar-refractivity contribution in [3.8, 4) is 5.75 Å². The first-order chi connectivity index (χ1) is 12.1. The van der Waals surface area contributed by atoms with Crippen LogP contribution < -0.4 is 10.1 Å². The van der Waals surface area contributed by atoms with E-state index in [0.717, 1.165) is 24.2 Å². The Hall–Kier alpha value is -2.88. The zero-order valence-electron chi connectivity index (χ0n) is 14.6. The first-order valence-electron chi connectivity index (χ1n) is 8.42. The molecule has 0 spiro atoms. The molecule has 4 nitrogen and oxygen atoms in total. The molecule has 4 heteroatoms. The van der Waals surface area contributed by atoms with Gasteiger partial charge in [0.1, 0.15) is 5.75 Å². The fourth-order valence-electron chi connectivity index (χ4n) is 2.21. The summed E-state index contributed by atoms with van der Waals surface area (Å²) >= 11 is 0. The lowest BCUT2D eigenvalue weighted by Crippen LogP contribution is -2.08. The zero-order valence-corrected chi connectivity index (χ0v) is 14.6. The summed E-state index contributed by atoms with van der Waals surface area (Å²) in [6.07, 6.45) is 5.28. The topological polar surface area (TPSA) is 55.4 Å². The molecular formula is C21H23NO3. The molecule has 1 amide bonds. The largest absolute Gasteiger partial charge is 0.493 e. The SMILES string of the molecule is CCCCOc1ccccc1/C=C/C(=O)Nc1ccc(C(C)=O)cc1. The Kier molecular flexibility index (Phi) is 6.96. The van der Waals surface area contributed by atoms with E-state index in [-0.39, 0.29) is 11.7 Å². The minimum absolute atomic E-state index is 0.00236. The molecule has 0 saturated heterocycles. The van der Waals surface area contributed by atoms with Gasteiger partial charge in [-0.25, -0.2) is 0 Å².